The lowest BCUT2D eigenvalue weighted by molar-refractivity contribution is -0.383. The largest absolute Gasteiger partial charge is 0.379 e. The van der Waals surface area contributed by atoms with Crippen molar-refractivity contribution in [2.24, 2.45) is 0 Å². The Morgan fingerprint density at radius 3 is 2.76 bits per heavy atom. The number of nitrogens with zero attached hydrogens (tertiary/aromatic N) is 4. The zero-order valence-corrected chi connectivity index (χ0v) is 16.2. The number of carbonyl (C=O) groups is 1. The Kier molecular flexibility index (Phi) is 7.11. The van der Waals surface area contributed by atoms with E-state index in [9.17, 15) is 14.9 Å². The van der Waals surface area contributed by atoms with Gasteiger partial charge in [0.1, 0.15) is 6.33 Å². The monoisotopic (exact) mass is 421 g/mol. The minimum Gasteiger partial charge on any atom is -0.379 e. The van der Waals surface area contributed by atoms with Crippen molar-refractivity contribution in [1.82, 2.24) is 20.3 Å². The summed E-state index contributed by atoms with van der Waals surface area (Å²) in [5.74, 6) is -0.575. The molecule has 3 rings (SSSR count). The molecule has 1 saturated heterocycles. The molecule has 1 aliphatic rings. The van der Waals surface area contributed by atoms with Crippen LogP contribution in [0.15, 0.2) is 30.6 Å². The third-order valence-electron chi connectivity index (χ3n) is 4.21. The van der Waals surface area contributed by atoms with Crippen LogP contribution in [0.25, 0.3) is 0 Å². The second-order valence-electron chi connectivity index (χ2n) is 6.15. The molecular weight excluding hydrogens is 402 g/mol. The number of amides is 1. The first-order chi connectivity index (χ1) is 14.0. The quantitative estimate of drug-likeness (QED) is 0.428. The van der Waals surface area contributed by atoms with Crippen LogP contribution in [0.2, 0.25) is 5.02 Å². The smallest absolute Gasteiger partial charge is 0.354 e. The average molecular weight is 422 g/mol. The van der Waals surface area contributed by atoms with Gasteiger partial charge in [0.05, 0.1) is 18.1 Å². The minimum atomic E-state index is -0.606. The maximum Gasteiger partial charge on any atom is 0.354 e. The maximum atomic E-state index is 12.2. The number of ether oxygens (including phenoxy) is 1. The van der Waals surface area contributed by atoms with Gasteiger partial charge in [0.25, 0.3) is 5.91 Å². The van der Waals surface area contributed by atoms with Gasteiger partial charge in [0.2, 0.25) is 11.6 Å². The lowest BCUT2D eigenvalue weighted by Crippen LogP contribution is -2.39. The average Bonchev–Trinajstić information content (AvgIpc) is 2.72. The van der Waals surface area contributed by atoms with Crippen LogP contribution in [-0.4, -0.2) is 65.1 Å². The van der Waals surface area contributed by atoms with Crippen LogP contribution in [0, 0.1) is 10.1 Å². The zero-order chi connectivity index (χ0) is 20.6. The normalized spacial score (nSPS) is 14.2. The SMILES string of the molecule is O=C(NNc1ncnc(NCCN2CCOCC2)c1[N+](=O)[O-])c1cccc(Cl)c1. The third-order valence-corrected chi connectivity index (χ3v) is 4.45. The second kappa shape index (κ2) is 9.96. The number of hydrazine groups is 1. The number of halogens is 1. The van der Waals surface area contributed by atoms with Crippen LogP contribution >= 0.6 is 11.6 Å². The molecule has 1 amide bonds. The minimum absolute atomic E-state index is 0.0674. The Hall–Kier alpha value is -3.02. The topological polar surface area (TPSA) is 135 Å². The molecule has 0 atom stereocenters. The first kappa shape index (κ1) is 20.7. The predicted octanol–water partition coefficient (Wildman–Crippen LogP) is 1.54. The molecule has 29 heavy (non-hydrogen) atoms. The number of hydrogen-bond donors (Lipinski definition) is 3. The van der Waals surface area contributed by atoms with E-state index in [-0.39, 0.29) is 17.3 Å². The number of rotatable bonds is 8. The Bertz CT molecular complexity index is 877. The molecule has 1 aromatic carbocycles. The van der Waals surface area contributed by atoms with E-state index in [2.05, 4.69) is 31.0 Å². The second-order valence-corrected chi connectivity index (χ2v) is 6.58. The van der Waals surface area contributed by atoms with Gasteiger partial charge in [-0.3, -0.25) is 30.7 Å². The molecule has 0 spiro atoms. The van der Waals surface area contributed by atoms with Gasteiger partial charge in [0.15, 0.2) is 0 Å². The van der Waals surface area contributed by atoms with Crippen molar-refractivity contribution in [3.05, 3.63) is 51.3 Å². The summed E-state index contributed by atoms with van der Waals surface area (Å²) < 4.78 is 5.29. The van der Waals surface area contributed by atoms with Crippen molar-refractivity contribution in [1.29, 1.82) is 0 Å². The molecular formula is C17H20ClN7O4. The van der Waals surface area contributed by atoms with Crippen molar-refractivity contribution in [3.63, 3.8) is 0 Å². The third kappa shape index (κ3) is 5.73. The van der Waals surface area contributed by atoms with Gasteiger partial charge in [-0.2, -0.15) is 0 Å². The van der Waals surface area contributed by atoms with E-state index in [1.54, 1.807) is 18.2 Å². The summed E-state index contributed by atoms with van der Waals surface area (Å²) in [6, 6.07) is 6.30. The van der Waals surface area contributed by atoms with Crippen LogP contribution in [-0.2, 0) is 4.74 Å². The predicted molar refractivity (Wildman–Crippen MR) is 107 cm³/mol. The molecule has 2 heterocycles. The van der Waals surface area contributed by atoms with E-state index in [0.29, 0.717) is 36.9 Å². The van der Waals surface area contributed by atoms with Crippen molar-refractivity contribution in [2.45, 2.75) is 0 Å². The zero-order valence-electron chi connectivity index (χ0n) is 15.4. The highest BCUT2D eigenvalue weighted by molar-refractivity contribution is 6.30. The van der Waals surface area contributed by atoms with E-state index in [0.717, 1.165) is 13.1 Å². The van der Waals surface area contributed by atoms with E-state index < -0.39 is 10.8 Å². The summed E-state index contributed by atoms with van der Waals surface area (Å²) in [4.78, 5) is 33.2. The Morgan fingerprint density at radius 1 is 1.28 bits per heavy atom. The number of anilines is 2. The lowest BCUT2D eigenvalue weighted by atomic mass is 10.2. The molecule has 0 bridgehead atoms. The van der Waals surface area contributed by atoms with Gasteiger partial charge in [0, 0.05) is 36.8 Å². The highest BCUT2D eigenvalue weighted by Gasteiger charge is 2.23. The molecule has 3 N–H and O–H groups in total. The van der Waals surface area contributed by atoms with Crippen LogP contribution in [0.3, 0.4) is 0 Å². The van der Waals surface area contributed by atoms with E-state index in [1.807, 2.05) is 0 Å². The molecule has 1 fully saturated rings. The standard InChI is InChI=1S/C17H20ClN7O4/c18-13-3-1-2-12(10-13)17(26)23-22-16-14(25(27)28)15(20-11-21-16)19-4-5-24-6-8-29-9-7-24/h1-3,10-11H,4-9H2,(H,23,26)(H2,19,20,21,22). The number of nitro groups is 1. The van der Waals surface area contributed by atoms with Crippen molar-refractivity contribution in [2.75, 3.05) is 50.1 Å². The van der Waals surface area contributed by atoms with E-state index >= 15 is 0 Å². The number of benzene rings is 1. The van der Waals surface area contributed by atoms with Gasteiger partial charge in [-0.1, -0.05) is 17.7 Å². The maximum absolute atomic E-state index is 12.2. The lowest BCUT2D eigenvalue weighted by Gasteiger charge is -2.26. The van der Waals surface area contributed by atoms with Crippen molar-refractivity contribution >= 4 is 34.8 Å². The van der Waals surface area contributed by atoms with Gasteiger partial charge in [-0.25, -0.2) is 9.97 Å². The summed E-state index contributed by atoms with van der Waals surface area (Å²) in [6.45, 7) is 4.14. The Morgan fingerprint density at radius 2 is 2.03 bits per heavy atom. The van der Waals surface area contributed by atoms with Crippen LogP contribution < -0.4 is 16.2 Å². The molecule has 1 aromatic heterocycles. The fraction of sp³-hybridized carbons (Fsp3) is 0.353. The van der Waals surface area contributed by atoms with Gasteiger partial charge >= 0.3 is 5.69 Å². The molecule has 0 aliphatic carbocycles. The first-order valence-electron chi connectivity index (χ1n) is 8.90. The highest BCUT2D eigenvalue weighted by Crippen LogP contribution is 2.28. The fourth-order valence-corrected chi connectivity index (χ4v) is 2.94. The molecule has 154 valence electrons. The summed E-state index contributed by atoms with van der Waals surface area (Å²) >= 11 is 5.87. The Balaban J connectivity index is 1.64. The summed E-state index contributed by atoms with van der Waals surface area (Å²) in [7, 11) is 0. The summed E-state index contributed by atoms with van der Waals surface area (Å²) in [5.41, 5.74) is 4.81. The van der Waals surface area contributed by atoms with Crippen molar-refractivity contribution in [3.8, 4) is 0 Å². The van der Waals surface area contributed by atoms with E-state index in [4.69, 9.17) is 16.3 Å². The highest BCUT2D eigenvalue weighted by atomic mass is 35.5. The molecule has 1 aliphatic heterocycles. The number of carbonyl (C=O) groups excluding carboxylic acids is 1. The summed E-state index contributed by atoms with van der Waals surface area (Å²) in [6.07, 6.45) is 1.18. The van der Waals surface area contributed by atoms with Gasteiger partial charge < -0.3 is 10.1 Å². The number of nitrogens with one attached hydrogen (secondary N) is 3. The number of aromatic nitrogens is 2. The van der Waals surface area contributed by atoms with Gasteiger partial charge in [-0.05, 0) is 18.2 Å². The first-order valence-corrected chi connectivity index (χ1v) is 9.27. The van der Waals surface area contributed by atoms with Gasteiger partial charge in [-0.15, -0.1) is 0 Å². The molecule has 0 radical (unpaired) electrons. The molecule has 0 saturated carbocycles. The molecule has 2 aromatic rings. The fourth-order valence-electron chi connectivity index (χ4n) is 2.75. The van der Waals surface area contributed by atoms with Crippen LogP contribution in [0.4, 0.5) is 17.3 Å². The van der Waals surface area contributed by atoms with Crippen LogP contribution in [0.5, 0.6) is 0 Å². The summed E-state index contributed by atoms with van der Waals surface area (Å²) in [5, 5.41) is 14.9. The molecule has 0 unspecified atom stereocenters. The number of morpholine rings is 1. The van der Waals surface area contributed by atoms with E-state index in [1.165, 1.54) is 12.4 Å². The van der Waals surface area contributed by atoms with Crippen molar-refractivity contribution < 1.29 is 14.5 Å². The Labute approximate surface area is 171 Å². The molecule has 12 heteroatoms. The number of hydrogen-bond acceptors (Lipinski definition) is 9. The molecule has 11 nitrogen and oxygen atoms in total. The van der Waals surface area contributed by atoms with Crippen LogP contribution in [0.1, 0.15) is 10.4 Å².